The van der Waals surface area contributed by atoms with Crippen LogP contribution in [0.15, 0.2) is 42.5 Å². The minimum absolute atomic E-state index is 0.0104. The van der Waals surface area contributed by atoms with Crippen LogP contribution in [0.4, 0.5) is 10.1 Å². The second-order valence-corrected chi connectivity index (χ2v) is 10.8. The van der Waals surface area contributed by atoms with Crippen LogP contribution in [0.5, 0.6) is 0 Å². The average Bonchev–Trinajstić information content (AvgIpc) is 2.79. The maximum Gasteiger partial charge on any atom is 0.244 e. The number of sulfonamides is 1. The van der Waals surface area contributed by atoms with Crippen LogP contribution >= 0.6 is 23.2 Å². The van der Waals surface area contributed by atoms with E-state index in [4.69, 9.17) is 23.2 Å². The van der Waals surface area contributed by atoms with Gasteiger partial charge in [0.1, 0.15) is 18.4 Å². The van der Waals surface area contributed by atoms with E-state index < -0.39 is 34.3 Å². The lowest BCUT2D eigenvalue weighted by Crippen LogP contribution is -2.52. The molecule has 0 fully saturated rings. The fourth-order valence-corrected chi connectivity index (χ4v) is 4.65. The van der Waals surface area contributed by atoms with E-state index >= 15 is 0 Å². The van der Waals surface area contributed by atoms with Crippen molar-refractivity contribution in [3.63, 3.8) is 0 Å². The highest BCUT2D eigenvalue weighted by molar-refractivity contribution is 7.92. The van der Waals surface area contributed by atoms with Crippen molar-refractivity contribution in [1.29, 1.82) is 0 Å². The van der Waals surface area contributed by atoms with Crippen molar-refractivity contribution >= 4 is 50.7 Å². The number of halogens is 3. The number of rotatable bonds is 12. The SMILES string of the molecule is CCCCNC(=O)[C@H](CC)N(Cc1ccc(Cl)c(Cl)c1)C(=O)CN(c1ccc(F)cc1)S(C)(=O)=O. The highest BCUT2D eigenvalue weighted by Crippen LogP contribution is 2.25. The quantitative estimate of drug-likeness (QED) is 0.394. The molecule has 2 aromatic carbocycles. The number of hydrogen-bond donors (Lipinski definition) is 1. The fourth-order valence-electron chi connectivity index (χ4n) is 3.48. The molecule has 0 bridgehead atoms. The minimum Gasteiger partial charge on any atom is -0.354 e. The Morgan fingerprint density at radius 1 is 1.06 bits per heavy atom. The Morgan fingerprint density at radius 3 is 2.26 bits per heavy atom. The van der Waals surface area contributed by atoms with Gasteiger partial charge in [-0.2, -0.15) is 0 Å². The van der Waals surface area contributed by atoms with Crippen LogP contribution in [-0.2, 0) is 26.2 Å². The summed E-state index contributed by atoms with van der Waals surface area (Å²) in [5, 5.41) is 3.48. The number of carbonyl (C=O) groups is 2. The summed E-state index contributed by atoms with van der Waals surface area (Å²) in [6.45, 7) is 3.68. The number of amides is 2. The summed E-state index contributed by atoms with van der Waals surface area (Å²) in [5.74, 6) is -1.46. The maximum atomic E-state index is 13.5. The zero-order valence-corrected chi connectivity index (χ0v) is 22.3. The van der Waals surface area contributed by atoms with Crippen LogP contribution in [0.3, 0.4) is 0 Å². The van der Waals surface area contributed by atoms with E-state index in [2.05, 4.69) is 5.32 Å². The number of nitrogens with zero attached hydrogens (tertiary/aromatic N) is 2. The molecule has 0 aliphatic rings. The third-order valence-electron chi connectivity index (χ3n) is 5.35. The predicted octanol–water partition coefficient (Wildman–Crippen LogP) is 4.62. The number of hydrogen-bond acceptors (Lipinski definition) is 4. The van der Waals surface area contributed by atoms with Crippen molar-refractivity contribution < 1.29 is 22.4 Å². The molecular weight excluding hydrogens is 516 g/mol. The molecule has 0 heterocycles. The average molecular weight is 546 g/mol. The molecule has 2 rings (SSSR count). The van der Waals surface area contributed by atoms with Crippen molar-refractivity contribution in [2.75, 3.05) is 23.7 Å². The van der Waals surface area contributed by atoms with Gasteiger partial charge in [0.2, 0.25) is 21.8 Å². The van der Waals surface area contributed by atoms with Crippen molar-refractivity contribution in [2.45, 2.75) is 45.7 Å². The van der Waals surface area contributed by atoms with Crippen molar-refractivity contribution in [1.82, 2.24) is 10.2 Å². The molecular formula is C24H30Cl2FN3O4S. The number of benzene rings is 2. The summed E-state index contributed by atoms with van der Waals surface area (Å²) in [5.41, 5.74) is 0.762. The summed E-state index contributed by atoms with van der Waals surface area (Å²) < 4.78 is 39.3. The van der Waals surface area contributed by atoms with E-state index in [1.165, 1.54) is 17.0 Å². The molecule has 7 nitrogen and oxygen atoms in total. The number of nitrogens with one attached hydrogen (secondary N) is 1. The van der Waals surface area contributed by atoms with Gasteiger partial charge in [0, 0.05) is 13.1 Å². The predicted molar refractivity (Wildman–Crippen MR) is 138 cm³/mol. The molecule has 1 atom stereocenters. The third-order valence-corrected chi connectivity index (χ3v) is 7.23. The molecule has 1 N–H and O–H groups in total. The zero-order valence-electron chi connectivity index (χ0n) is 19.9. The van der Waals surface area contributed by atoms with Crippen molar-refractivity contribution in [2.24, 2.45) is 0 Å². The van der Waals surface area contributed by atoms with Gasteiger partial charge in [-0.1, -0.05) is 49.5 Å². The van der Waals surface area contributed by atoms with Crippen molar-refractivity contribution in [3.8, 4) is 0 Å². The van der Waals surface area contributed by atoms with Gasteiger partial charge in [0.05, 0.1) is 22.0 Å². The van der Waals surface area contributed by atoms with Crippen LogP contribution in [-0.4, -0.2) is 50.5 Å². The first-order valence-corrected chi connectivity index (χ1v) is 13.8. The summed E-state index contributed by atoms with van der Waals surface area (Å²) in [6.07, 6.45) is 2.95. The van der Waals surface area contributed by atoms with E-state index in [0.29, 0.717) is 28.6 Å². The normalized spacial score (nSPS) is 12.2. The molecule has 0 unspecified atom stereocenters. The summed E-state index contributed by atoms with van der Waals surface area (Å²) in [6, 6.07) is 8.81. The highest BCUT2D eigenvalue weighted by atomic mass is 35.5. The van der Waals surface area contributed by atoms with Gasteiger partial charge >= 0.3 is 0 Å². The second kappa shape index (κ2) is 13.1. The van der Waals surface area contributed by atoms with Gasteiger partial charge in [0.15, 0.2) is 0 Å². The first-order chi connectivity index (χ1) is 16.5. The van der Waals surface area contributed by atoms with E-state index in [0.717, 1.165) is 35.5 Å². The lowest BCUT2D eigenvalue weighted by molar-refractivity contribution is -0.140. The molecule has 0 aliphatic heterocycles. The lowest BCUT2D eigenvalue weighted by atomic mass is 10.1. The molecule has 0 aromatic heterocycles. The summed E-state index contributed by atoms with van der Waals surface area (Å²) >= 11 is 12.2. The molecule has 192 valence electrons. The van der Waals surface area contributed by atoms with Gasteiger partial charge in [-0.25, -0.2) is 12.8 Å². The Kier molecular flexibility index (Phi) is 10.8. The van der Waals surface area contributed by atoms with Crippen LogP contribution in [0.25, 0.3) is 0 Å². The van der Waals surface area contributed by atoms with Crippen LogP contribution in [0.1, 0.15) is 38.7 Å². The largest absolute Gasteiger partial charge is 0.354 e. The molecule has 0 saturated heterocycles. The van der Waals surface area contributed by atoms with Gasteiger partial charge in [0.25, 0.3) is 0 Å². The van der Waals surface area contributed by atoms with E-state index in [1.807, 2.05) is 6.92 Å². The van der Waals surface area contributed by atoms with E-state index in [1.54, 1.807) is 25.1 Å². The van der Waals surface area contributed by atoms with Crippen molar-refractivity contribution in [3.05, 3.63) is 63.9 Å². The van der Waals surface area contributed by atoms with Gasteiger partial charge in [-0.15, -0.1) is 0 Å². The summed E-state index contributed by atoms with van der Waals surface area (Å²) in [4.78, 5) is 27.8. The maximum absolute atomic E-state index is 13.5. The van der Waals surface area contributed by atoms with E-state index in [9.17, 15) is 22.4 Å². The Hall–Kier alpha value is -2.36. The molecule has 0 radical (unpaired) electrons. The highest BCUT2D eigenvalue weighted by Gasteiger charge is 2.31. The zero-order chi connectivity index (χ0) is 26.2. The Labute approximate surface area is 216 Å². The fraction of sp³-hybridized carbons (Fsp3) is 0.417. The molecule has 0 aliphatic carbocycles. The van der Waals surface area contributed by atoms with Gasteiger partial charge in [-0.3, -0.25) is 13.9 Å². The van der Waals surface area contributed by atoms with Crippen LogP contribution in [0.2, 0.25) is 10.0 Å². The smallest absolute Gasteiger partial charge is 0.244 e. The molecule has 0 saturated carbocycles. The number of anilines is 1. The van der Waals surface area contributed by atoms with E-state index in [-0.39, 0.29) is 18.1 Å². The second-order valence-electron chi connectivity index (χ2n) is 8.08. The molecule has 2 aromatic rings. The number of carbonyl (C=O) groups excluding carboxylic acids is 2. The monoisotopic (exact) mass is 545 g/mol. The van der Waals surface area contributed by atoms with Crippen LogP contribution in [0, 0.1) is 5.82 Å². The Balaban J connectivity index is 2.41. The molecule has 11 heteroatoms. The minimum atomic E-state index is -3.89. The first kappa shape index (κ1) is 28.9. The standard InChI is InChI=1S/C24H30Cl2FN3O4S/c1-4-6-13-28-24(32)22(5-2)29(15-17-7-12-20(25)21(26)14-17)23(31)16-30(35(3,33)34)19-10-8-18(27)9-11-19/h7-12,14,22H,4-6,13,15-16H2,1-3H3,(H,28,32)/t22-/m0/s1. The summed E-state index contributed by atoms with van der Waals surface area (Å²) in [7, 11) is -3.89. The topological polar surface area (TPSA) is 86.8 Å². The Bertz CT molecular complexity index is 1130. The third kappa shape index (κ3) is 8.37. The van der Waals surface area contributed by atoms with Crippen LogP contribution < -0.4 is 9.62 Å². The van der Waals surface area contributed by atoms with Gasteiger partial charge in [-0.05, 0) is 54.8 Å². The molecule has 0 spiro atoms. The first-order valence-electron chi connectivity index (χ1n) is 11.2. The molecule has 35 heavy (non-hydrogen) atoms. The Morgan fingerprint density at radius 2 is 1.71 bits per heavy atom. The molecule has 2 amide bonds. The lowest BCUT2D eigenvalue weighted by Gasteiger charge is -2.33. The number of unbranched alkanes of at least 4 members (excludes halogenated alkanes) is 1. The van der Waals surface area contributed by atoms with Gasteiger partial charge < -0.3 is 10.2 Å².